The molecule has 0 spiro atoms. The molecule has 0 aliphatic rings. The summed E-state index contributed by atoms with van der Waals surface area (Å²) < 4.78 is 25.4. The first-order valence-electron chi connectivity index (χ1n) is 10.3. The summed E-state index contributed by atoms with van der Waals surface area (Å²) in [5.74, 6) is 2.84. The van der Waals surface area contributed by atoms with Crippen molar-refractivity contribution in [3.8, 4) is 0 Å². The summed E-state index contributed by atoms with van der Waals surface area (Å²) in [5, 5.41) is 0. The second kappa shape index (κ2) is 13.7. The fourth-order valence-electron chi connectivity index (χ4n) is 2.97. The molecule has 1 aromatic carbocycles. The maximum Gasteiger partial charge on any atom is 0.0549 e. The smallest absolute Gasteiger partial charge is 0.0549 e. The van der Waals surface area contributed by atoms with E-state index in [1.807, 2.05) is 24.3 Å². The number of hydrogen-bond donors (Lipinski definition) is 0. The molecule has 0 saturated heterocycles. The van der Waals surface area contributed by atoms with Crippen LogP contribution in [-0.2, 0) is 21.6 Å². The van der Waals surface area contributed by atoms with Crippen LogP contribution in [0, 0.1) is 11.8 Å². The summed E-state index contributed by atoms with van der Waals surface area (Å²) in [4.78, 5) is 1.58. The first-order chi connectivity index (χ1) is 12.4. The van der Waals surface area contributed by atoms with E-state index in [9.17, 15) is 8.42 Å². The molecule has 2 nitrogen and oxygen atoms in total. The summed E-state index contributed by atoms with van der Waals surface area (Å²) in [7, 11) is -2.08. The molecule has 0 amide bonds. The second-order valence-electron chi connectivity index (χ2n) is 8.03. The van der Waals surface area contributed by atoms with Crippen LogP contribution >= 0.6 is 0 Å². The summed E-state index contributed by atoms with van der Waals surface area (Å²) in [6.45, 7) is 8.97. The summed E-state index contributed by atoms with van der Waals surface area (Å²) in [5.41, 5.74) is 0. The van der Waals surface area contributed by atoms with E-state index >= 15 is 0 Å². The van der Waals surface area contributed by atoms with Crippen LogP contribution in [0.25, 0.3) is 0 Å². The van der Waals surface area contributed by atoms with Crippen LogP contribution in [0.2, 0.25) is 0 Å². The number of unbranched alkanes of at least 4 members (excludes halogenated alkanes) is 4. The predicted molar refractivity (Wildman–Crippen MR) is 116 cm³/mol. The third-order valence-electron chi connectivity index (χ3n) is 4.56. The van der Waals surface area contributed by atoms with Crippen LogP contribution in [0.3, 0.4) is 0 Å². The van der Waals surface area contributed by atoms with Crippen molar-refractivity contribution in [3.05, 3.63) is 24.3 Å². The number of hydrogen-bond acceptors (Lipinski definition) is 2. The zero-order chi connectivity index (χ0) is 19.4. The van der Waals surface area contributed by atoms with Crippen molar-refractivity contribution < 1.29 is 8.42 Å². The Balaban J connectivity index is 2.47. The topological polar surface area (TPSA) is 34.1 Å². The molecule has 26 heavy (non-hydrogen) atoms. The van der Waals surface area contributed by atoms with Gasteiger partial charge in [0.1, 0.15) is 0 Å². The maximum atomic E-state index is 12.7. The lowest BCUT2D eigenvalue weighted by Crippen LogP contribution is -2.06. The lowest BCUT2D eigenvalue weighted by molar-refractivity contribution is 0.534. The maximum absolute atomic E-state index is 12.7. The molecule has 2 atom stereocenters. The van der Waals surface area contributed by atoms with Gasteiger partial charge in [0.2, 0.25) is 0 Å². The highest BCUT2D eigenvalue weighted by atomic mass is 32.2. The van der Waals surface area contributed by atoms with Gasteiger partial charge in [0.05, 0.1) is 31.4 Å². The number of benzene rings is 1. The van der Waals surface area contributed by atoms with E-state index in [-0.39, 0.29) is 0 Å². The Morgan fingerprint density at radius 2 is 1.04 bits per heavy atom. The molecule has 0 radical (unpaired) electrons. The van der Waals surface area contributed by atoms with Crippen molar-refractivity contribution in [2.45, 2.75) is 88.9 Å². The minimum atomic E-state index is -1.04. The molecule has 150 valence electrons. The molecule has 0 N–H and O–H groups in total. The number of rotatable bonds is 14. The van der Waals surface area contributed by atoms with Crippen molar-refractivity contribution in [2.75, 3.05) is 11.5 Å². The molecule has 0 aliphatic heterocycles. The fourth-order valence-corrected chi connectivity index (χ4v) is 5.95. The normalized spacial score (nSPS) is 14.1. The first kappa shape index (κ1) is 23.6. The molecule has 1 rings (SSSR count). The molecule has 0 saturated carbocycles. The van der Waals surface area contributed by atoms with Crippen molar-refractivity contribution in [1.29, 1.82) is 0 Å². The van der Waals surface area contributed by atoms with E-state index in [1.54, 1.807) is 0 Å². The molecular weight excluding hydrogens is 360 g/mol. The third-order valence-corrected chi connectivity index (χ3v) is 7.70. The molecular formula is C22H38O2S2. The van der Waals surface area contributed by atoms with Gasteiger partial charge in [-0.1, -0.05) is 78.4 Å². The standard InChI is InChI=1S/C22H38O2S2/c1-19(2)13-7-5-11-17-25(23)21-15-9-10-16-22(21)26(24)18-12-6-8-14-20(3)4/h9-10,15-16,19-20H,5-8,11-14,17-18H2,1-4H3. The summed E-state index contributed by atoms with van der Waals surface area (Å²) in [6, 6.07) is 7.62. The van der Waals surface area contributed by atoms with E-state index < -0.39 is 21.6 Å². The average Bonchev–Trinajstić information content (AvgIpc) is 2.60. The Hall–Kier alpha value is -0.480. The highest BCUT2D eigenvalue weighted by Crippen LogP contribution is 2.20. The predicted octanol–water partition coefficient (Wildman–Crippen LogP) is 6.33. The van der Waals surface area contributed by atoms with Crippen molar-refractivity contribution >= 4 is 21.6 Å². The van der Waals surface area contributed by atoms with Gasteiger partial charge in [0.25, 0.3) is 0 Å². The van der Waals surface area contributed by atoms with Gasteiger partial charge >= 0.3 is 0 Å². The Morgan fingerprint density at radius 3 is 1.38 bits per heavy atom. The van der Waals surface area contributed by atoms with E-state index in [0.717, 1.165) is 47.3 Å². The van der Waals surface area contributed by atoms with Gasteiger partial charge < -0.3 is 0 Å². The fraction of sp³-hybridized carbons (Fsp3) is 0.727. The van der Waals surface area contributed by atoms with Crippen molar-refractivity contribution in [1.82, 2.24) is 0 Å². The van der Waals surface area contributed by atoms with Gasteiger partial charge in [-0.15, -0.1) is 0 Å². The van der Waals surface area contributed by atoms with Crippen molar-refractivity contribution in [2.24, 2.45) is 11.8 Å². The van der Waals surface area contributed by atoms with Gasteiger partial charge in [-0.3, -0.25) is 8.42 Å². The average molecular weight is 399 g/mol. The van der Waals surface area contributed by atoms with Gasteiger partial charge in [-0.2, -0.15) is 0 Å². The molecule has 0 heterocycles. The summed E-state index contributed by atoms with van der Waals surface area (Å²) >= 11 is 0. The Labute approximate surface area is 166 Å². The molecule has 0 fully saturated rings. The van der Waals surface area contributed by atoms with E-state index in [1.165, 1.54) is 25.7 Å². The zero-order valence-electron chi connectivity index (χ0n) is 17.2. The largest absolute Gasteiger partial charge is 0.254 e. The van der Waals surface area contributed by atoms with Crippen LogP contribution in [0.4, 0.5) is 0 Å². The zero-order valence-corrected chi connectivity index (χ0v) is 18.8. The van der Waals surface area contributed by atoms with E-state index in [0.29, 0.717) is 11.5 Å². The minimum Gasteiger partial charge on any atom is -0.254 e. The lowest BCUT2D eigenvalue weighted by atomic mass is 10.1. The van der Waals surface area contributed by atoms with Crippen molar-refractivity contribution in [3.63, 3.8) is 0 Å². The monoisotopic (exact) mass is 398 g/mol. The minimum absolute atomic E-state index is 0.681. The van der Waals surface area contributed by atoms with E-state index in [2.05, 4.69) is 27.7 Å². The molecule has 0 aromatic heterocycles. The highest BCUT2D eigenvalue weighted by Gasteiger charge is 2.14. The van der Waals surface area contributed by atoms with Gasteiger partial charge in [-0.05, 0) is 36.8 Å². The van der Waals surface area contributed by atoms with Crippen LogP contribution in [0.5, 0.6) is 0 Å². The van der Waals surface area contributed by atoms with Crippen LogP contribution in [0.15, 0.2) is 34.1 Å². The van der Waals surface area contributed by atoms with Crippen LogP contribution in [0.1, 0.15) is 79.1 Å². The SMILES string of the molecule is CC(C)CCCCCS(=O)c1ccccc1S(=O)CCCCCC(C)C. The molecule has 4 heteroatoms. The van der Waals surface area contributed by atoms with Crippen LogP contribution < -0.4 is 0 Å². The Bertz CT molecular complexity index is 504. The Morgan fingerprint density at radius 1 is 0.654 bits per heavy atom. The molecule has 0 bridgehead atoms. The van der Waals surface area contributed by atoms with E-state index in [4.69, 9.17) is 0 Å². The Kier molecular flexibility index (Phi) is 12.4. The molecule has 0 aliphatic carbocycles. The quantitative estimate of drug-likeness (QED) is 0.343. The lowest BCUT2D eigenvalue weighted by Gasteiger charge is -2.10. The van der Waals surface area contributed by atoms with Crippen LogP contribution in [-0.4, -0.2) is 19.9 Å². The molecule has 2 unspecified atom stereocenters. The first-order valence-corrected chi connectivity index (χ1v) is 12.9. The van der Waals surface area contributed by atoms with Gasteiger partial charge in [-0.25, -0.2) is 0 Å². The third kappa shape index (κ3) is 10.0. The molecule has 1 aromatic rings. The second-order valence-corrected chi connectivity index (χ2v) is 11.1. The van der Waals surface area contributed by atoms with Gasteiger partial charge in [0, 0.05) is 11.5 Å². The summed E-state index contributed by atoms with van der Waals surface area (Å²) in [6.07, 6.45) is 9.12. The van der Waals surface area contributed by atoms with Gasteiger partial charge in [0.15, 0.2) is 0 Å². The highest BCUT2D eigenvalue weighted by molar-refractivity contribution is 7.88.